The topological polar surface area (TPSA) is 66.8 Å². The van der Waals surface area contributed by atoms with Gasteiger partial charge in [-0.25, -0.2) is 0 Å². The summed E-state index contributed by atoms with van der Waals surface area (Å²) in [5.74, 6) is -0.00147. The number of ether oxygens (including phenoxy) is 1. The SMILES string of the molecule is CCN(CC)C(=O)CCCOc1ccc(CC(=O)O)cc1. The predicted molar refractivity (Wildman–Crippen MR) is 80.4 cm³/mol. The molecule has 0 unspecified atom stereocenters. The molecule has 0 spiro atoms. The molecule has 0 bridgehead atoms. The number of nitrogens with zero attached hydrogens (tertiary/aromatic N) is 1. The molecule has 5 heteroatoms. The van der Waals surface area contributed by atoms with Crippen molar-refractivity contribution >= 4 is 11.9 Å². The van der Waals surface area contributed by atoms with Crippen molar-refractivity contribution in [1.82, 2.24) is 4.90 Å². The van der Waals surface area contributed by atoms with Crippen LogP contribution in [0.3, 0.4) is 0 Å². The van der Waals surface area contributed by atoms with Crippen LogP contribution in [0.4, 0.5) is 0 Å². The van der Waals surface area contributed by atoms with Crippen molar-refractivity contribution in [1.29, 1.82) is 0 Å². The molecule has 1 N–H and O–H groups in total. The van der Waals surface area contributed by atoms with E-state index in [2.05, 4.69) is 0 Å². The second-order valence-electron chi connectivity index (χ2n) is 4.73. The number of hydrogen-bond donors (Lipinski definition) is 1. The zero-order valence-electron chi connectivity index (χ0n) is 12.7. The van der Waals surface area contributed by atoms with E-state index in [1.54, 1.807) is 29.2 Å². The first-order valence-corrected chi connectivity index (χ1v) is 7.28. The average molecular weight is 293 g/mol. The van der Waals surface area contributed by atoms with E-state index in [0.29, 0.717) is 25.2 Å². The molecule has 0 radical (unpaired) electrons. The van der Waals surface area contributed by atoms with Crippen molar-refractivity contribution < 1.29 is 19.4 Å². The zero-order chi connectivity index (χ0) is 15.7. The van der Waals surface area contributed by atoms with Crippen molar-refractivity contribution in [2.45, 2.75) is 33.1 Å². The number of rotatable bonds is 9. The van der Waals surface area contributed by atoms with Gasteiger partial charge in [0.05, 0.1) is 13.0 Å². The summed E-state index contributed by atoms with van der Waals surface area (Å²) in [6.45, 7) is 5.89. The van der Waals surface area contributed by atoms with E-state index in [1.165, 1.54) is 0 Å². The molecule has 0 aliphatic heterocycles. The largest absolute Gasteiger partial charge is 0.494 e. The minimum Gasteiger partial charge on any atom is -0.494 e. The van der Waals surface area contributed by atoms with Gasteiger partial charge in [0.25, 0.3) is 0 Å². The first-order chi connectivity index (χ1) is 10.1. The van der Waals surface area contributed by atoms with Crippen LogP contribution in [0.5, 0.6) is 5.75 Å². The average Bonchev–Trinajstić information content (AvgIpc) is 2.46. The molecular weight excluding hydrogens is 270 g/mol. The van der Waals surface area contributed by atoms with Gasteiger partial charge in [-0.05, 0) is 38.0 Å². The van der Waals surface area contributed by atoms with Crippen LogP contribution in [0.2, 0.25) is 0 Å². The number of carbonyl (C=O) groups is 2. The predicted octanol–water partition coefficient (Wildman–Crippen LogP) is 2.34. The van der Waals surface area contributed by atoms with Gasteiger partial charge < -0.3 is 14.7 Å². The lowest BCUT2D eigenvalue weighted by Gasteiger charge is -2.18. The van der Waals surface area contributed by atoms with Gasteiger partial charge in [0.1, 0.15) is 5.75 Å². The number of carbonyl (C=O) groups excluding carboxylic acids is 1. The summed E-state index contributed by atoms with van der Waals surface area (Å²) in [6, 6.07) is 6.99. The molecule has 1 rings (SSSR count). The lowest BCUT2D eigenvalue weighted by molar-refractivity contribution is -0.136. The Balaban J connectivity index is 2.29. The third-order valence-electron chi connectivity index (χ3n) is 3.20. The third kappa shape index (κ3) is 6.29. The molecule has 0 aliphatic rings. The molecule has 0 saturated carbocycles. The molecule has 0 heterocycles. The van der Waals surface area contributed by atoms with Crippen LogP contribution < -0.4 is 4.74 Å². The summed E-state index contributed by atoms with van der Waals surface area (Å²) in [6.07, 6.45) is 1.17. The quantitative estimate of drug-likeness (QED) is 0.710. The van der Waals surface area contributed by atoms with Gasteiger partial charge in [0.15, 0.2) is 0 Å². The minimum atomic E-state index is -0.849. The number of amides is 1. The van der Waals surface area contributed by atoms with Gasteiger partial charge in [-0.3, -0.25) is 9.59 Å². The molecule has 0 aromatic heterocycles. The maximum Gasteiger partial charge on any atom is 0.307 e. The Morgan fingerprint density at radius 2 is 1.76 bits per heavy atom. The van der Waals surface area contributed by atoms with Crippen LogP contribution >= 0.6 is 0 Å². The monoisotopic (exact) mass is 293 g/mol. The Hall–Kier alpha value is -2.04. The van der Waals surface area contributed by atoms with Crippen LogP contribution in [0.25, 0.3) is 0 Å². The maximum absolute atomic E-state index is 11.8. The first kappa shape index (κ1) is 17.0. The molecule has 116 valence electrons. The highest BCUT2D eigenvalue weighted by Crippen LogP contribution is 2.13. The van der Waals surface area contributed by atoms with E-state index in [4.69, 9.17) is 9.84 Å². The molecule has 1 aromatic carbocycles. The number of carboxylic acids is 1. The van der Waals surface area contributed by atoms with E-state index in [1.807, 2.05) is 13.8 Å². The van der Waals surface area contributed by atoms with Gasteiger partial charge in [0.2, 0.25) is 5.91 Å². The van der Waals surface area contributed by atoms with E-state index < -0.39 is 5.97 Å². The summed E-state index contributed by atoms with van der Waals surface area (Å²) in [5, 5.41) is 8.68. The number of aliphatic carboxylic acids is 1. The van der Waals surface area contributed by atoms with Crippen molar-refractivity contribution in [2.24, 2.45) is 0 Å². The summed E-state index contributed by atoms with van der Waals surface area (Å²) >= 11 is 0. The van der Waals surface area contributed by atoms with Crippen molar-refractivity contribution in [3.8, 4) is 5.75 Å². The lowest BCUT2D eigenvalue weighted by atomic mass is 10.1. The van der Waals surface area contributed by atoms with Crippen LogP contribution in [0.15, 0.2) is 24.3 Å². The fraction of sp³-hybridized carbons (Fsp3) is 0.500. The van der Waals surface area contributed by atoms with E-state index in [0.717, 1.165) is 18.7 Å². The van der Waals surface area contributed by atoms with Crippen LogP contribution in [0, 0.1) is 0 Å². The highest BCUT2D eigenvalue weighted by Gasteiger charge is 2.08. The molecular formula is C16H23NO4. The molecule has 5 nitrogen and oxygen atoms in total. The van der Waals surface area contributed by atoms with Crippen molar-refractivity contribution in [3.05, 3.63) is 29.8 Å². The Bertz CT molecular complexity index is 452. The molecule has 1 aromatic rings. The molecule has 21 heavy (non-hydrogen) atoms. The van der Waals surface area contributed by atoms with E-state index in [-0.39, 0.29) is 12.3 Å². The smallest absolute Gasteiger partial charge is 0.307 e. The Morgan fingerprint density at radius 3 is 2.29 bits per heavy atom. The normalized spacial score (nSPS) is 10.2. The van der Waals surface area contributed by atoms with Crippen molar-refractivity contribution in [2.75, 3.05) is 19.7 Å². The van der Waals surface area contributed by atoms with Crippen LogP contribution in [-0.2, 0) is 16.0 Å². The Morgan fingerprint density at radius 1 is 1.14 bits per heavy atom. The zero-order valence-corrected chi connectivity index (χ0v) is 12.7. The third-order valence-corrected chi connectivity index (χ3v) is 3.20. The summed E-state index contributed by atoms with van der Waals surface area (Å²) < 4.78 is 5.55. The summed E-state index contributed by atoms with van der Waals surface area (Å²) in [4.78, 5) is 24.2. The second-order valence-corrected chi connectivity index (χ2v) is 4.73. The van der Waals surface area contributed by atoms with Gasteiger partial charge in [-0.1, -0.05) is 12.1 Å². The second kappa shape index (κ2) is 9.00. The highest BCUT2D eigenvalue weighted by molar-refractivity contribution is 5.76. The summed E-state index contributed by atoms with van der Waals surface area (Å²) in [5.41, 5.74) is 0.742. The first-order valence-electron chi connectivity index (χ1n) is 7.28. The molecule has 0 atom stereocenters. The molecule has 0 aliphatic carbocycles. The molecule has 1 amide bonds. The number of carboxylic acid groups (broad SMARTS) is 1. The molecule has 0 saturated heterocycles. The Labute approximate surface area is 125 Å². The fourth-order valence-corrected chi connectivity index (χ4v) is 2.03. The minimum absolute atomic E-state index is 0.0126. The number of benzene rings is 1. The summed E-state index contributed by atoms with van der Waals surface area (Å²) in [7, 11) is 0. The fourth-order valence-electron chi connectivity index (χ4n) is 2.03. The van der Waals surface area contributed by atoms with Crippen LogP contribution in [0.1, 0.15) is 32.3 Å². The van der Waals surface area contributed by atoms with Crippen LogP contribution in [-0.4, -0.2) is 41.6 Å². The standard InChI is InChI=1S/C16H23NO4/c1-3-17(4-2)15(18)6-5-11-21-14-9-7-13(8-10-14)12-16(19)20/h7-10H,3-6,11-12H2,1-2H3,(H,19,20). The van der Waals surface area contributed by atoms with Crippen molar-refractivity contribution in [3.63, 3.8) is 0 Å². The molecule has 0 fully saturated rings. The highest BCUT2D eigenvalue weighted by atomic mass is 16.5. The Kier molecular flexibility index (Phi) is 7.29. The van der Waals surface area contributed by atoms with Gasteiger partial charge in [-0.2, -0.15) is 0 Å². The lowest BCUT2D eigenvalue weighted by Crippen LogP contribution is -2.30. The van der Waals surface area contributed by atoms with E-state index >= 15 is 0 Å². The van der Waals surface area contributed by atoms with E-state index in [9.17, 15) is 9.59 Å². The maximum atomic E-state index is 11.8. The van der Waals surface area contributed by atoms with Gasteiger partial charge in [0, 0.05) is 19.5 Å². The number of hydrogen-bond acceptors (Lipinski definition) is 3. The van der Waals surface area contributed by atoms with Gasteiger partial charge in [-0.15, -0.1) is 0 Å². The van der Waals surface area contributed by atoms with Gasteiger partial charge >= 0.3 is 5.97 Å².